The van der Waals surface area contributed by atoms with Crippen molar-refractivity contribution in [3.8, 4) is 5.75 Å². The highest BCUT2D eigenvalue weighted by molar-refractivity contribution is 9.10. The van der Waals surface area contributed by atoms with E-state index in [-0.39, 0.29) is 0 Å². The van der Waals surface area contributed by atoms with Crippen LogP contribution >= 0.6 is 15.9 Å². The molecule has 1 aromatic carbocycles. The molecule has 0 unspecified atom stereocenters. The lowest BCUT2D eigenvalue weighted by molar-refractivity contribution is 0.298. The van der Waals surface area contributed by atoms with Crippen molar-refractivity contribution in [3.05, 3.63) is 45.3 Å². The summed E-state index contributed by atoms with van der Waals surface area (Å²) >= 11 is 3.47. The van der Waals surface area contributed by atoms with Gasteiger partial charge in [-0.2, -0.15) is 0 Å². The first-order valence-corrected chi connectivity index (χ1v) is 6.88. The normalized spacial score (nSPS) is 10.7. The summed E-state index contributed by atoms with van der Waals surface area (Å²) in [5, 5.41) is 7.06. The Morgan fingerprint density at radius 2 is 2.16 bits per heavy atom. The van der Waals surface area contributed by atoms with Gasteiger partial charge in [0.2, 0.25) is 0 Å². The zero-order chi connectivity index (χ0) is 13.8. The number of aromatic nitrogens is 1. The summed E-state index contributed by atoms with van der Waals surface area (Å²) in [5.41, 5.74) is 3.01. The standard InChI is InChI=1S/C14H17BrN2O2/c1-9-13(10(2)19-17-9)8-18-14-5-4-12(15)6-11(14)7-16-3/h4-6,16H,7-8H2,1-3H3. The second-order valence-electron chi connectivity index (χ2n) is 4.37. The Kier molecular flexibility index (Phi) is 4.61. The molecule has 5 heteroatoms. The molecular formula is C14H17BrN2O2. The molecule has 0 aliphatic carbocycles. The smallest absolute Gasteiger partial charge is 0.140 e. The van der Waals surface area contributed by atoms with Crippen LogP contribution in [0.25, 0.3) is 0 Å². The van der Waals surface area contributed by atoms with E-state index in [1.165, 1.54) is 0 Å². The molecular weight excluding hydrogens is 308 g/mol. The molecule has 2 aromatic rings. The van der Waals surface area contributed by atoms with Gasteiger partial charge in [0.1, 0.15) is 18.1 Å². The summed E-state index contributed by atoms with van der Waals surface area (Å²) in [4.78, 5) is 0. The molecule has 4 nitrogen and oxygen atoms in total. The van der Waals surface area contributed by atoms with Gasteiger partial charge in [0.25, 0.3) is 0 Å². The molecule has 1 aromatic heterocycles. The predicted octanol–water partition coefficient (Wildman–Crippen LogP) is 3.35. The third-order valence-corrected chi connectivity index (χ3v) is 3.44. The SMILES string of the molecule is CNCc1cc(Br)ccc1OCc1c(C)noc1C. The van der Waals surface area contributed by atoms with Gasteiger partial charge in [0.15, 0.2) is 0 Å². The van der Waals surface area contributed by atoms with Crippen LogP contribution in [0.2, 0.25) is 0 Å². The number of ether oxygens (including phenoxy) is 1. The number of nitrogens with one attached hydrogen (secondary N) is 1. The first kappa shape index (κ1) is 14.1. The molecule has 0 radical (unpaired) electrons. The highest BCUT2D eigenvalue weighted by atomic mass is 79.9. The minimum Gasteiger partial charge on any atom is -0.488 e. The number of nitrogens with zero attached hydrogens (tertiary/aromatic N) is 1. The maximum absolute atomic E-state index is 5.89. The highest BCUT2D eigenvalue weighted by Gasteiger charge is 2.11. The monoisotopic (exact) mass is 324 g/mol. The molecule has 0 amide bonds. The Morgan fingerprint density at radius 1 is 1.37 bits per heavy atom. The van der Waals surface area contributed by atoms with Crippen molar-refractivity contribution in [1.29, 1.82) is 0 Å². The largest absolute Gasteiger partial charge is 0.488 e. The molecule has 0 atom stereocenters. The van der Waals surface area contributed by atoms with E-state index in [0.29, 0.717) is 6.61 Å². The Bertz CT molecular complexity index is 547. The van der Waals surface area contributed by atoms with Crippen molar-refractivity contribution in [1.82, 2.24) is 10.5 Å². The van der Waals surface area contributed by atoms with E-state index in [2.05, 4.69) is 32.5 Å². The van der Waals surface area contributed by atoms with E-state index in [1.807, 2.05) is 33.0 Å². The van der Waals surface area contributed by atoms with Gasteiger partial charge in [0.05, 0.1) is 11.3 Å². The fourth-order valence-corrected chi connectivity index (χ4v) is 2.28. The predicted molar refractivity (Wildman–Crippen MR) is 77.2 cm³/mol. The molecule has 1 N–H and O–H groups in total. The third-order valence-electron chi connectivity index (χ3n) is 2.94. The topological polar surface area (TPSA) is 47.3 Å². The molecule has 0 saturated carbocycles. The molecule has 0 fully saturated rings. The van der Waals surface area contributed by atoms with Crippen molar-refractivity contribution < 1.29 is 9.26 Å². The van der Waals surface area contributed by atoms with Gasteiger partial charge < -0.3 is 14.6 Å². The average Bonchev–Trinajstić information content (AvgIpc) is 2.69. The van der Waals surface area contributed by atoms with E-state index < -0.39 is 0 Å². The van der Waals surface area contributed by atoms with Crippen molar-refractivity contribution in [2.24, 2.45) is 0 Å². The maximum Gasteiger partial charge on any atom is 0.140 e. The van der Waals surface area contributed by atoms with Crippen molar-refractivity contribution in [2.75, 3.05) is 7.05 Å². The quantitative estimate of drug-likeness (QED) is 0.916. The summed E-state index contributed by atoms with van der Waals surface area (Å²) in [6, 6.07) is 6.00. The lowest BCUT2D eigenvalue weighted by atomic mass is 10.2. The van der Waals surface area contributed by atoms with E-state index in [4.69, 9.17) is 9.26 Å². The average molecular weight is 325 g/mol. The number of benzene rings is 1. The van der Waals surface area contributed by atoms with E-state index >= 15 is 0 Å². The van der Waals surface area contributed by atoms with Crippen LogP contribution in [-0.4, -0.2) is 12.2 Å². The minimum absolute atomic E-state index is 0.472. The Labute approximate surface area is 121 Å². The molecule has 19 heavy (non-hydrogen) atoms. The van der Waals surface area contributed by atoms with Gasteiger partial charge in [0, 0.05) is 16.6 Å². The van der Waals surface area contributed by atoms with Crippen LogP contribution in [0.1, 0.15) is 22.6 Å². The van der Waals surface area contributed by atoms with Crippen molar-refractivity contribution in [3.63, 3.8) is 0 Å². The van der Waals surface area contributed by atoms with Crippen LogP contribution in [0, 0.1) is 13.8 Å². The molecule has 102 valence electrons. The summed E-state index contributed by atoms with van der Waals surface area (Å²) < 4.78 is 12.1. The minimum atomic E-state index is 0.472. The fourth-order valence-electron chi connectivity index (χ4n) is 1.88. The van der Waals surface area contributed by atoms with Crippen LogP contribution in [0.3, 0.4) is 0 Å². The molecule has 0 spiro atoms. The van der Waals surface area contributed by atoms with E-state index in [9.17, 15) is 0 Å². The third kappa shape index (κ3) is 3.36. The molecule has 0 aliphatic rings. The van der Waals surface area contributed by atoms with Crippen LogP contribution in [0.4, 0.5) is 0 Å². The van der Waals surface area contributed by atoms with Crippen molar-refractivity contribution >= 4 is 15.9 Å². The van der Waals surface area contributed by atoms with Gasteiger partial charge in [-0.3, -0.25) is 0 Å². The number of rotatable bonds is 5. The van der Waals surface area contributed by atoms with Gasteiger partial charge in [-0.15, -0.1) is 0 Å². The van der Waals surface area contributed by atoms with Crippen molar-refractivity contribution in [2.45, 2.75) is 27.0 Å². The van der Waals surface area contributed by atoms with Crippen LogP contribution in [-0.2, 0) is 13.2 Å². The van der Waals surface area contributed by atoms with E-state index in [1.54, 1.807) is 0 Å². The zero-order valence-electron chi connectivity index (χ0n) is 11.3. The van der Waals surface area contributed by atoms with Gasteiger partial charge in [-0.05, 0) is 39.1 Å². The first-order chi connectivity index (χ1) is 9.11. The summed E-state index contributed by atoms with van der Waals surface area (Å²) in [5.74, 6) is 1.68. The lowest BCUT2D eigenvalue weighted by Gasteiger charge is -2.11. The number of aryl methyl sites for hydroxylation is 2. The lowest BCUT2D eigenvalue weighted by Crippen LogP contribution is -2.08. The number of halogens is 1. The number of hydrogen-bond donors (Lipinski definition) is 1. The van der Waals surface area contributed by atoms with Crippen LogP contribution < -0.4 is 10.1 Å². The van der Waals surface area contributed by atoms with Gasteiger partial charge >= 0.3 is 0 Å². The Morgan fingerprint density at radius 3 is 2.79 bits per heavy atom. The maximum atomic E-state index is 5.89. The summed E-state index contributed by atoms with van der Waals surface area (Å²) in [7, 11) is 1.92. The molecule has 2 rings (SSSR count). The Hall–Kier alpha value is -1.33. The first-order valence-electron chi connectivity index (χ1n) is 6.09. The van der Waals surface area contributed by atoms with Gasteiger partial charge in [-0.25, -0.2) is 0 Å². The highest BCUT2D eigenvalue weighted by Crippen LogP contribution is 2.25. The Balaban J connectivity index is 2.15. The molecule has 0 aliphatic heterocycles. The van der Waals surface area contributed by atoms with Gasteiger partial charge in [-0.1, -0.05) is 21.1 Å². The van der Waals surface area contributed by atoms with Crippen LogP contribution in [0.15, 0.2) is 27.2 Å². The molecule has 1 heterocycles. The second-order valence-corrected chi connectivity index (χ2v) is 5.29. The molecule has 0 bridgehead atoms. The fraction of sp³-hybridized carbons (Fsp3) is 0.357. The van der Waals surface area contributed by atoms with E-state index in [0.717, 1.165) is 39.3 Å². The number of hydrogen-bond acceptors (Lipinski definition) is 4. The molecule has 0 saturated heterocycles. The van der Waals surface area contributed by atoms with Crippen LogP contribution in [0.5, 0.6) is 5.75 Å². The summed E-state index contributed by atoms with van der Waals surface area (Å²) in [6.45, 7) is 5.05. The zero-order valence-corrected chi connectivity index (χ0v) is 12.9. The summed E-state index contributed by atoms with van der Waals surface area (Å²) in [6.07, 6.45) is 0. The second kappa shape index (κ2) is 6.21.